The number of rotatable bonds is 3. The van der Waals surface area contributed by atoms with E-state index in [0.717, 1.165) is 0 Å². The third-order valence-electron chi connectivity index (χ3n) is 13.7. The summed E-state index contributed by atoms with van der Waals surface area (Å²) in [5, 5.41) is 2.51. The van der Waals surface area contributed by atoms with Gasteiger partial charge in [-0.05, 0) is 114 Å². The highest BCUT2D eigenvalue weighted by atomic mass is 15.2. The molecule has 3 aliphatic rings. The van der Waals surface area contributed by atoms with Crippen LogP contribution in [0.4, 0.5) is 28.4 Å². The molecule has 0 saturated carbocycles. The number of hydrogen-bond donors (Lipinski definition) is 0. The maximum Gasteiger partial charge on any atom is 0.333 e. The second-order valence-corrected chi connectivity index (χ2v) is 19.8. The molecule has 0 atom stereocenters. The van der Waals surface area contributed by atoms with Gasteiger partial charge in [0.2, 0.25) is 0 Å². The Hall–Kier alpha value is -6.32. The van der Waals surface area contributed by atoms with E-state index in [1.54, 1.807) is 0 Å². The highest BCUT2D eigenvalue weighted by Gasteiger charge is 2.51. The number of hydrogen-bond acceptors (Lipinski definition) is 2. The SMILES string of the molecule is CC(C)(C)c1ccc(N2B3c4c(ccc5c4C(C)(C)c4ccccc4-5)N(c4ccccc4-c4ccccc4)c4c3c(cc3ccccc43)-c3cc(C(C)(C)C)ccc32)cc1. The Bertz CT molecular complexity index is 3030. The molecule has 8 aromatic rings. The summed E-state index contributed by atoms with van der Waals surface area (Å²) in [7, 11) is 0. The van der Waals surface area contributed by atoms with Crippen molar-refractivity contribution in [1.29, 1.82) is 0 Å². The van der Waals surface area contributed by atoms with Crippen LogP contribution in [0.15, 0.2) is 164 Å². The van der Waals surface area contributed by atoms with Gasteiger partial charge in [-0.2, -0.15) is 0 Å². The van der Waals surface area contributed by atoms with Gasteiger partial charge in [0.1, 0.15) is 0 Å². The van der Waals surface area contributed by atoms with E-state index in [2.05, 4.69) is 229 Å². The molecule has 2 aliphatic heterocycles. The molecular formula is C57H51BN2. The lowest BCUT2D eigenvalue weighted by molar-refractivity contribution is 0.590. The van der Waals surface area contributed by atoms with Crippen molar-refractivity contribution in [3.05, 3.63) is 186 Å². The Morgan fingerprint density at radius 2 is 1.10 bits per heavy atom. The Labute approximate surface area is 356 Å². The summed E-state index contributed by atoms with van der Waals surface area (Å²) in [4.78, 5) is 5.35. The Kier molecular flexibility index (Phi) is 7.86. The third kappa shape index (κ3) is 5.27. The fourth-order valence-electron chi connectivity index (χ4n) is 10.7. The smallest absolute Gasteiger partial charge is 0.333 e. The molecule has 2 heterocycles. The molecule has 8 aromatic carbocycles. The zero-order valence-corrected chi connectivity index (χ0v) is 36.1. The van der Waals surface area contributed by atoms with Crippen LogP contribution < -0.4 is 20.6 Å². The molecule has 0 fully saturated rings. The number of fused-ring (bicyclic) bond motifs is 10. The lowest BCUT2D eigenvalue weighted by atomic mass is 9.41. The topological polar surface area (TPSA) is 6.48 Å². The average Bonchev–Trinajstić information content (AvgIpc) is 3.49. The van der Waals surface area contributed by atoms with Crippen LogP contribution in [0.5, 0.6) is 0 Å². The number of nitrogens with zero attached hydrogens (tertiary/aromatic N) is 2. The van der Waals surface area contributed by atoms with Crippen LogP contribution in [0.3, 0.4) is 0 Å². The maximum atomic E-state index is 2.70. The van der Waals surface area contributed by atoms with Crippen molar-refractivity contribution >= 4 is 57.0 Å². The van der Waals surface area contributed by atoms with Crippen molar-refractivity contribution in [3.63, 3.8) is 0 Å². The molecule has 0 N–H and O–H groups in total. The fraction of sp³-hybridized carbons (Fsp3) is 0.193. The van der Waals surface area contributed by atoms with Gasteiger partial charge in [-0.3, -0.25) is 0 Å². The Morgan fingerprint density at radius 3 is 1.85 bits per heavy atom. The van der Waals surface area contributed by atoms with E-state index in [1.165, 1.54) is 106 Å². The van der Waals surface area contributed by atoms with Crippen molar-refractivity contribution in [2.45, 2.75) is 71.6 Å². The minimum atomic E-state index is -0.242. The van der Waals surface area contributed by atoms with Crippen molar-refractivity contribution in [2.24, 2.45) is 0 Å². The van der Waals surface area contributed by atoms with Crippen LogP contribution in [-0.2, 0) is 16.2 Å². The van der Waals surface area contributed by atoms with Crippen LogP contribution in [0.1, 0.15) is 77.6 Å². The van der Waals surface area contributed by atoms with Crippen LogP contribution in [-0.4, -0.2) is 6.85 Å². The molecule has 0 radical (unpaired) electrons. The van der Waals surface area contributed by atoms with Crippen molar-refractivity contribution in [1.82, 2.24) is 0 Å². The second kappa shape index (κ2) is 12.8. The minimum Gasteiger partial charge on any atom is -0.376 e. The van der Waals surface area contributed by atoms with Crippen molar-refractivity contribution < 1.29 is 0 Å². The number of benzene rings is 8. The monoisotopic (exact) mass is 774 g/mol. The van der Waals surface area contributed by atoms with Gasteiger partial charge in [0.15, 0.2) is 0 Å². The minimum absolute atomic E-state index is 0.0220. The quantitative estimate of drug-likeness (QED) is 0.165. The lowest BCUT2D eigenvalue weighted by Crippen LogP contribution is -2.63. The van der Waals surface area contributed by atoms with E-state index in [0.29, 0.717) is 0 Å². The molecule has 0 aromatic heterocycles. The van der Waals surface area contributed by atoms with Gasteiger partial charge in [0, 0.05) is 39.0 Å². The summed E-state index contributed by atoms with van der Waals surface area (Å²) in [5.74, 6) is 0. The second-order valence-electron chi connectivity index (χ2n) is 19.8. The predicted octanol–water partition coefficient (Wildman–Crippen LogP) is 14.1. The van der Waals surface area contributed by atoms with E-state index in [-0.39, 0.29) is 23.1 Å². The molecule has 0 spiro atoms. The summed E-state index contributed by atoms with van der Waals surface area (Å²) in [6, 6.07) is 62.3. The fourth-order valence-corrected chi connectivity index (χ4v) is 10.7. The van der Waals surface area contributed by atoms with Gasteiger partial charge in [0.25, 0.3) is 0 Å². The third-order valence-corrected chi connectivity index (χ3v) is 13.7. The van der Waals surface area contributed by atoms with E-state index in [9.17, 15) is 0 Å². The molecule has 2 nitrogen and oxygen atoms in total. The van der Waals surface area contributed by atoms with Crippen LogP contribution in [0.2, 0.25) is 0 Å². The van der Waals surface area contributed by atoms with E-state index in [1.807, 2.05) is 0 Å². The largest absolute Gasteiger partial charge is 0.376 e. The molecule has 0 amide bonds. The predicted molar refractivity (Wildman–Crippen MR) is 258 cm³/mol. The van der Waals surface area contributed by atoms with E-state index >= 15 is 0 Å². The normalized spacial score (nSPS) is 14.7. The summed E-state index contributed by atoms with van der Waals surface area (Å²) in [6.45, 7) is 18.7. The first-order chi connectivity index (χ1) is 28.8. The number of anilines is 5. The van der Waals surface area contributed by atoms with Gasteiger partial charge >= 0.3 is 6.85 Å². The summed E-state index contributed by atoms with van der Waals surface area (Å²) >= 11 is 0. The average molecular weight is 775 g/mol. The van der Waals surface area contributed by atoms with Crippen LogP contribution in [0.25, 0.3) is 44.2 Å². The molecule has 0 saturated heterocycles. The van der Waals surface area contributed by atoms with E-state index < -0.39 is 0 Å². The van der Waals surface area contributed by atoms with Crippen LogP contribution in [0, 0.1) is 0 Å². The van der Waals surface area contributed by atoms with Crippen LogP contribution >= 0.6 is 0 Å². The molecule has 0 unspecified atom stereocenters. The summed E-state index contributed by atoms with van der Waals surface area (Å²) in [6.07, 6.45) is 0. The Balaban J connectivity index is 1.33. The molecule has 11 rings (SSSR count). The molecular weight excluding hydrogens is 723 g/mol. The number of para-hydroxylation sites is 1. The first-order valence-electron chi connectivity index (χ1n) is 21.6. The Morgan fingerprint density at radius 1 is 0.467 bits per heavy atom. The molecule has 3 heteroatoms. The van der Waals surface area contributed by atoms with Gasteiger partial charge < -0.3 is 9.71 Å². The summed E-state index contributed by atoms with van der Waals surface area (Å²) in [5.41, 5.74) is 21.9. The standard InChI is InChI=1S/C57H51BN2/c1-55(2,3)38-26-29-40(30-27-38)60-49-32-28-39(56(4,5)6)35-45(49)46-34-37-20-12-13-22-42(37)54-52(46)58(60)53-50(33-31-44-43-23-14-16-24-47(43)57(7,8)51(44)53)59(54)48-25-17-15-21-41(48)36-18-10-9-11-19-36/h9-35H,1-8H3. The first kappa shape index (κ1) is 36.7. The van der Waals surface area contributed by atoms with Gasteiger partial charge in [-0.1, -0.05) is 177 Å². The van der Waals surface area contributed by atoms with Gasteiger partial charge in [-0.15, -0.1) is 0 Å². The van der Waals surface area contributed by atoms with Crippen molar-refractivity contribution in [3.8, 4) is 33.4 Å². The molecule has 0 bridgehead atoms. The molecule has 1 aliphatic carbocycles. The first-order valence-corrected chi connectivity index (χ1v) is 21.6. The van der Waals surface area contributed by atoms with Crippen molar-refractivity contribution in [2.75, 3.05) is 9.71 Å². The van der Waals surface area contributed by atoms with Gasteiger partial charge in [0.05, 0.1) is 11.4 Å². The van der Waals surface area contributed by atoms with Gasteiger partial charge in [-0.25, -0.2) is 0 Å². The molecule has 60 heavy (non-hydrogen) atoms. The maximum absolute atomic E-state index is 2.70. The van der Waals surface area contributed by atoms with E-state index in [4.69, 9.17) is 0 Å². The molecule has 292 valence electrons. The highest BCUT2D eigenvalue weighted by Crippen LogP contribution is 2.55. The summed E-state index contributed by atoms with van der Waals surface area (Å²) < 4.78 is 0. The zero-order valence-electron chi connectivity index (χ0n) is 36.1. The highest BCUT2D eigenvalue weighted by molar-refractivity contribution is 6.94. The zero-order chi connectivity index (χ0) is 41.3. The lowest BCUT2D eigenvalue weighted by Gasteiger charge is -2.48.